The summed E-state index contributed by atoms with van der Waals surface area (Å²) in [6.07, 6.45) is 1.54. The van der Waals surface area contributed by atoms with Crippen LogP contribution >= 0.6 is 0 Å². The second kappa shape index (κ2) is 8.59. The van der Waals surface area contributed by atoms with Crippen LogP contribution in [0.2, 0.25) is 0 Å². The lowest BCUT2D eigenvalue weighted by Gasteiger charge is -2.16. The van der Waals surface area contributed by atoms with Gasteiger partial charge in [0.2, 0.25) is 0 Å². The van der Waals surface area contributed by atoms with Crippen molar-refractivity contribution in [2.24, 2.45) is 0 Å². The highest BCUT2D eigenvalue weighted by atomic mass is 17.2. The van der Waals surface area contributed by atoms with E-state index < -0.39 is 11.8 Å². The molecule has 2 amide bonds. The number of ether oxygens (including phenoxy) is 1. The van der Waals surface area contributed by atoms with Gasteiger partial charge in [0.25, 0.3) is 11.8 Å². The van der Waals surface area contributed by atoms with E-state index in [1.807, 2.05) is 24.3 Å². The molecule has 0 saturated carbocycles. The maximum absolute atomic E-state index is 12.4. The number of fused-ring (bicyclic) bond motifs is 1. The van der Waals surface area contributed by atoms with Crippen LogP contribution in [0.1, 0.15) is 31.8 Å². The van der Waals surface area contributed by atoms with Crippen molar-refractivity contribution in [1.29, 1.82) is 0 Å². The number of methoxy groups -OCH3 is 1. The first-order valence-corrected chi connectivity index (χ1v) is 8.23. The van der Waals surface area contributed by atoms with Crippen molar-refractivity contribution in [2.75, 3.05) is 20.8 Å². The van der Waals surface area contributed by atoms with E-state index >= 15 is 0 Å². The number of hydroxylamine groups is 2. The minimum atomic E-state index is -0.469. The van der Waals surface area contributed by atoms with E-state index in [9.17, 15) is 9.59 Å². The Kier molecular flexibility index (Phi) is 5.97. The predicted molar refractivity (Wildman–Crippen MR) is 96.1 cm³/mol. The van der Waals surface area contributed by atoms with Gasteiger partial charge in [-0.3, -0.25) is 14.4 Å². The maximum Gasteiger partial charge on any atom is 0.285 e. The number of rotatable bonds is 8. The van der Waals surface area contributed by atoms with Gasteiger partial charge in [0.15, 0.2) is 0 Å². The fourth-order valence-electron chi connectivity index (χ4n) is 2.82. The van der Waals surface area contributed by atoms with Crippen molar-refractivity contribution >= 4 is 17.4 Å². The fourth-order valence-corrected chi connectivity index (χ4v) is 2.82. The zero-order chi connectivity index (χ0) is 19.2. The zero-order valence-electron chi connectivity index (χ0n) is 15.0. The van der Waals surface area contributed by atoms with E-state index in [2.05, 4.69) is 4.89 Å². The molecule has 0 aromatic heterocycles. The van der Waals surface area contributed by atoms with Crippen molar-refractivity contribution in [1.82, 2.24) is 5.06 Å². The molecule has 7 nitrogen and oxygen atoms in total. The van der Waals surface area contributed by atoms with Gasteiger partial charge in [-0.2, -0.15) is 0 Å². The Balaban J connectivity index is 1.79. The van der Waals surface area contributed by atoms with Gasteiger partial charge in [-0.15, -0.1) is 5.06 Å². The predicted octanol–water partition coefficient (Wildman–Crippen LogP) is 2.98. The molecule has 27 heavy (non-hydrogen) atoms. The van der Waals surface area contributed by atoms with Crippen LogP contribution in [0.15, 0.2) is 54.8 Å². The first kappa shape index (κ1) is 18.8. The lowest BCUT2D eigenvalue weighted by molar-refractivity contribution is -0.261. The van der Waals surface area contributed by atoms with Gasteiger partial charge in [-0.1, -0.05) is 36.4 Å². The topological polar surface area (TPSA) is 74.3 Å². The SMILES string of the molecule is CO/C=C(\COOC)c1ccccc1CON1C(=O)c2ccccc2C1=O. The van der Waals surface area contributed by atoms with Gasteiger partial charge in [-0.25, -0.2) is 9.78 Å². The molecule has 0 saturated heterocycles. The molecule has 0 atom stereocenters. The van der Waals surface area contributed by atoms with Crippen LogP contribution in [0.25, 0.3) is 5.57 Å². The lowest BCUT2D eigenvalue weighted by atomic mass is 10.0. The molecule has 0 unspecified atom stereocenters. The van der Waals surface area contributed by atoms with Gasteiger partial charge < -0.3 is 4.74 Å². The molecule has 0 N–H and O–H groups in total. The molecule has 7 heteroatoms. The number of carbonyl (C=O) groups excluding carboxylic acids is 2. The summed E-state index contributed by atoms with van der Waals surface area (Å²) in [5, 5.41) is 0.798. The third kappa shape index (κ3) is 3.90. The molecule has 1 heterocycles. The van der Waals surface area contributed by atoms with Crippen molar-refractivity contribution in [3.8, 4) is 0 Å². The molecule has 0 spiro atoms. The van der Waals surface area contributed by atoms with E-state index in [4.69, 9.17) is 14.5 Å². The van der Waals surface area contributed by atoms with Gasteiger partial charge in [-0.05, 0) is 23.3 Å². The number of nitrogens with zero attached hydrogens (tertiary/aromatic N) is 1. The highest BCUT2D eigenvalue weighted by Crippen LogP contribution is 2.25. The van der Waals surface area contributed by atoms with Crippen LogP contribution in [-0.4, -0.2) is 37.7 Å². The summed E-state index contributed by atoms with van der Waals surface area (Å²) in [6.45, 7) is 0.185. The first-order valence-electron chi connectivity index (χ1n) is 8.23. The smallest absolute Gasteiger partial charge is 0.285 e. The Hall–Kier alpha value is -3.00. The molecule has 3 rings (SSSR count). The summed E-state index contributed by atoms with van der Waals surface area (Å²) < 4.78 is 5.11. The molecule has 1 aliphatic heterocycles. The fraction of sp³-hybridized carbons (Fsp3) is 0.200. The van der Waals surface area contributed by atoms with E-state index in [1.54, 1.807) is 30.5 Å². The van der Waals surface area contributed by atoms with Crippen LogP contribution in [0.4, 0.5) is 0 Å². The van der Waals surface area contributed by atoms with Crippen LogP contribution in [0, 0.1) is 0 Å². The average molecular weight is 369 g/mol. The van der Waals surface area contributed by atoms with Crippen molar-refractivity contribution in [3.63, 3.8) is 0 Å². The number of imide groups is 1. The van der Waals surface area contributed by atoms with E-state index in [1.165, 1.54) is 14.2 Å². The molecule has 0 bridgehead atoms. The minimum absolute atomic E-state index is 0.0235. The highest BCUT2D eigenvalue weighted by molar-refractivity contribution is 6.20. The van der Waals surface area contributed by atoms with Gasteiger partial charge in [0.1, 0.15) is 13.2 Å². The third-order valence-corrected chi connectivity index (χ3v) is 4.06. The largest absolute Gasteiger partial charge is 0.504 e. The third-order valence-electron chi connectivity index (χ3n) is 4.06. The summed E-state index contributed by atoms with van der Waals surface area (Å²) in [4.78, 5) is 40.0. The Labute approximate surface area is 156 Å². The number of benzene rings is 2. The Morgan fingerprint density at radius 1 is 0.963 bits per heavy atom. The van der Waals surface area contributed by atoms with Crippen LogP contribution in [-0.2, 0) is 26.0 Å². The summed E-state index contributed by atoms with van der Waals surface area (Å²) >= 11 is 0. The molecule has 1 aliphatic rings. The summed E-state index contributed by atoms with van der Waals surface area (Å²) in [7, 11) is 2.95. The monoisotopic (exact) mass is 369 g/mol. The molecule has 0 fully saturated rings. The van der Waals surface area contributed by atoms with E-state index in [0.29, 0.717) is 11.1 Å². The van der Waals surface area contributed by atoms with Gasteiger partial charge in [0.05, 0.1) is 31.6 Å². The number of hydrogen-bond donors (Lipinski definition) is 0. The molecule has 2 aromatic carbocycles. The number of hydrogen-bond acceptors (Lipinski definition) is 6. The number of carbonyl (C=O) groups is 2. The average Bonchev–Trinajstić information content (AvgIpc) is 2.94. The van der Waals surface area contributed by atoms with Crippen molar-refractivity contribution < 1.29 is 28.9 Å². The Morgan fingerprint density at radius 2 is 1.59 bits per heavy atom. The molecular weight excluding hydrogens is 350 g/mol. The standard InChI is InChI=1S/C20H19NO6/c1-24-11-15(13-27-25-2)16-8-4-3-7-14(16)12-26-21-19(22)17-9-5-6-10-18(17)20(21)23/h3-11H,12-13H2,1-2H3/b15-11+. The van der Waals surface area contributed by atoms with E-state index in [-0.39, 0.29) is 13.2 Å². The van der Waals surface area contributed by atoms with E-state index in [0.717, 1.165) is 21.8 Å². The molecular formula is C20H19NO6. The lowest BCUT2D eigenvalue weighted by Crippen LogP contribution is -2.29. The zero-order valence-corrected chi connectivity index (χ0v) is 15.0. The summed E-state index contributed by atoms with van der Waals surface area (Å²) in [6, 6.07) is 14.0. The van der Waals surface area contributed by atoms with Crippen molar-refractivity contribution in [3.05, 3.63) is 77.0 Å². The summed E-state index contributed by atoms with van der Waals surface area (Å²) in [5.74, 6) is -0.938. The number of amides is 2. The quantitative estimate of drug-likeness (QED) is 0.308. The molecule has 0 aliphatic carbocycles. The van der Waals surface area contributed by atoms with Crippen LogP contribution in [0.3, 0.4) is 0 Å². The molecule has 2 aromatic rings. The second-order valence-corrected chi connectivity index (χ2v) is 5.69. The molecule has 140 valence electrons. The van der Waals surface area contributed by atoms with Crippen molar-refractivity contribution in [2.45, 2.75) is 6.61 Å². The minimum Gasteiger partial charge on any atom is -0.504 e. The van der Waals surface area contributed by atoms with Crippen LogP contribution < -0.4 is 0 Å². The maximum atomic E-state index is 12.4. The Morgan fingerprint density at radius 3 is 2.22 bits per heavy atom. The summed E-state index contributed by atoms with van der Waals surface area (Å²) in [5.41, 5.74) is 2.96. The normalized spacial score (nSPS) is 13.9. The Bertz CT molecular complexity index is 841. The van der Waals surface area contributed by atoms with Gasteiger partial charge in [0, 0.05) is 5.57 Å². The second-order valence-electron chi connectivity index (χ2n) is 5.69. The first-order chi connectivity index (χ1) is 13.2. The van der Waals surface area contributed by atoms with Gasteiger partial charge >= 0.3 is 0 Å². The molecule has 0 radical (unpaired) electrons. The van der Waals surface area contributed by atoms with Crippen LogP contribution in [0.5, 0.6) is 0 Å². The highest BCUT2D eigenvalue weighted by Gasteiger charge is 2.36.